The number of hydrogen-bond acceptors (Lipinski definition) is 4. The van der Waals surface area contributed by atoms with Crippen LogP contribution in [0.1, 0.15) is 31.5 Å². The Labute approximate surface area is 148 Å². The van der Waals surface area contributed by atoms with Gasteiger partial charge in [-0.15, -0.1) is 0 Å². The molecule has 2 aliphatic heterocycles. The molecule has 2 fully saturated rings. The van der Waals surface area contributed by atoms with Crippen molar-refractivity contribution in [1.29, 1.82) is 0 Å². The Morgan fingerprint density at radius 2 is 2.08 bits per heavy atom. The molecule has 25 heavy (non-hydrogen) atoms. The summed E-state index contributed by atoms with van der Waals surface area (Å²) in [6.45, 7) is 6.76. The maximum absolute atomic E-state index is 13.0. The molecule has 4 rings (SSSR count). The van der Waals surface area contributed by atoms with Gasteiger partial charge in [0.05, 0.1) is 30.3 Å². The van der Waals surface area contributed by atoms with Crippen LogP contribution in [0.5, 0.6) is 0 Å². The molecule has 1 aromatic carbocycles. The van der Waals surface area contributed by atoms with Crippen molar-refractivity contribution in [3.05, 3.63) is 30.1 Å². The number of para-hydroxylation sites is 2. The van der Waals surface area contributed by atoms with E-state index in [1.54, 1.807) is 0 Å². The normalized spacial score (nSPS) is 23.7. The Hall–Kier alpha value is -1.92. The fourth-order valence-electron chi connectivity index (χ4n) is 3.95. The van der Waals surface area contributed by atoms with Crippen LogP contribution in [0, 0.1) is 0 Å². The van der Waals surface area contributed by atoms with E-state index in [2.05, 4.69) is 16.0 Å². The highest BCUT2D eigenvalue weighted by Gasteiger charge is 2.31. The number of morpholine rings is 1. The van der Waals surface area contributed by atoms with E-state index >= 15 is 0 Å². The number of imidazole rings is 1. The van der Waals surface area contributed by atoms with Crippen LogP contribution in [0.15, 0.2) is 24.3 Å². The van der Waals surface area contributed by atoms with Crippen LogP contribution in [-0.2, 0) is 9.53 Å². The first-order chi connectivity index (χ1) is 12.2. The SMILES string of the molecule is C[C@H](C(=O)N1CCC[C@H](c2nc3ccccc3[nH]2)C1)N1CCOCC1. The molecular weight excluding hydrogens is 316 g/mol. The molecule has 0 unspecified atom stereocenters. The second-order valence-electron chi connectivity index (χ2n) is 7.09. The molecule has 134 valence electrons. The zero-order valence-corrected chi connectivity index (χ0v) is 14.8. The third-order valence-electron chi connectivity index (χ3n) is 5.48. The second kappa shape index (κ2) is 7.14. The number of amides is 1. The zero-order valence-electron chi connectivity index (χ0n) is 14.8. The topological polar surface area (TPSA) is 61.5 Å². The van der Waals surface area contributed by atoms with E-state index < -0.39 is 0 Å². The largest absolute Gasteiger partial charge is 0.379 e. The van der Waals surface area contributed by atoms with Crippen LogP contribution >= 0.6 is 0 Å². The van der Waals surface area contributed by atoms with Crippen molar-refractivity contribution < 1.29 is 9.53 Å². The van der Waals surface area contributed by atoms with Gasteiger partial charge in [-0.1, -0.05) is 12.1 Å². The van der Waals surface area contributed by atoms with Crippen molar-refractivity contribution in [2.45, 2.75) is 31.7 Å². The standard InChI is InChI=1S/C19H26N4O2/c1-14(22-9-11-25-12-10-22)19(24)23-8-4-5-15(13-23)18-20-16-6-2-3-7-17(16)21-18/h2-3,6-7,14-15H,4-5,8-13H2,1H3,(H,20,21)/t14-,15+/m1/s1. The minimum Gasteiger partial charge on any atom is -0.379 e. The number of carbonyl (C=O) groups excluding carboxylic acids is 1. The molecule has 0 spiro atoms. The number of hydrogen-bond donors (Lipinski definition) is 1. The highest BCUT2D eigenvalue weighted by molar-refractivity contribution is 5.81. The third-order valence-corrected chi connectivity index (χ3v) is 5.48. The summed E-state index contributed by atoms with van der Waals surface area (Å²) in [5, 5.41) is 0. The molecule has 1 N–H and O–H groups in total. The molecule has 0 bridgehead atoms. The first-order valence-electron chi connectivity index (χ1n) is 9.27. The van der Waals surface area contributed by atoms with Crippen molar-refractivity contribution in [1.82, 2.24) is 19.8 Å². The Morgan fingerprint density at radius 3 is 2.88 bits per heavy atom. The molecular formula is C19H26N4O2. The summed E-state index contributed by atoms with van der Waals surface area (Å²) < 4.78 is 5.40. The molecule has 6 heteroatoms. The second-order valence-corrected chi connectivity index (χ2v) is 7.09. The Bertz CT molecular complexity index is 705. The monoisotopic (exact) mass is 342 g/mol. The first-order valence-corrected chi connectivity index (χ1v) is 9.27. The van der Waals surface area contributed by atoms with Gasteiger partial charge in [0, 0.05) is 32.1 Å². The summed E-state index contributed by atoms with van der Waals surface area (Å²) in [7, 11) is 0. The molecule has 3 heterocycles. The minimum absolute atomic E-state index is 0.0710. The average molecular weight is 342 g/mol. The number of nitrogens with one attached hydrogen (secondary N) is 1. The molecule has 6 nitrogen and oxygen atoms in total. The van der Waals surface area contributed by atoms with Gasteiger partial charge in [-0.2, -0.15) is 0 Å². The number of aromatic nitrogens is 2. The quantitative estimate of drug-likeness (QED) is 0.927. The third kappa shape index (κ3) is 3.41. The van der Waals surface area contributed by atoms with Gasteiger partial charge in [0.1, 0.15) is 5.82 Å². The maximum atomic E-state index is 13.0. The van der Waals surface area contributed by atoms with Crippen molar-refractivity contribution >= 4 is 16.9 Å². The number of piperidine rings is 1. The Kier molecular flexibility index (Phi) is 4.72. The van der Waals surface area contributed by atoms with Gasteiger partial charge in [-0.3, -0.25) is 9.69 Å². The predicted molar refractivity (Wildman–Crippen MR) is 96.5 cm³/mol. The predicted octanol–water partition coefficient (Wildman–Crippen LogP) is 1.99. The van der Waals surface area contributed by atoms with Crippen LogP contribution in [-0.4, -0.2) is 71.1 Å². The van der Waals surface area contributed by atoms with Crippen molar-refractivity contribution in [3.8, 4) is 0 Å². The molecule has 1 amide bonds. The number of likely N-dealkylation sites (tertiary alicyclic amines) is 1. The lowest BCUT2D eigenvalue weighted by Gasteiger charge is -2.37. The van der Waals surface area contributed by atoms with Crippen LogP contribution in [0.4, 0.5) is 0 Å². The van der Waals surface area contributed by atoms with E-state index in [9.17, 15) is 4.79 Å². The number of nitrogens with zero attached hydrogens (tertiary/aromatic N) is 3. The van der Waals surface area contributed by atoms with Gasteiger partial charge < -0.3 is 14.6 Å². The number of fused-ring (bicyclic) bond motifs is 1. The molecule has 0 radical (unpaired) electrons. The van der Waals surface area contributed by atoms with E-state index in [-0.39, 0.29) is 11.9 Å². The van der Waals surface area contributed by atoms with Gasteiger partial charge in [0.15, 0.2) is 0 Å². The first kappa shape index (κ1) is 16.5. The zero-order chi connectivity index (χ0) is 17.2. The fourth-order valence-corrected chi connectivity index (χ4v) is 3.95. The van der Waals surface area contributed by atoms with Gasteiger partial charge in [-0.05, 0) is 31.9 Å². The van der Waals surface area contributed by atoms with Gasteiger partial charge in [0.25, 0.3) is 0 Å². The summed E-state index contributed by atoms with van der Waals surface area (Å²) in [6, 6.07) is 8.04. The summed E-state index contributed by atoms with van der Waals surface area (Å²) >= 11 is 0. The molecule has 1 aromatic heterocycles. The van der Waals surface area contributed by atoms with Crippen LogP contribution < -0.4 is 0 Å². The summed E-state index contributed by atoms with van der Waals surface area (Å²) in [4.78, 5) is 25.4. The molecule has 2 aromatic rings. The Balaban J connectivity index is 1.45. The fraction of sp³-hybridized carbons (Fsp3) is 0.579. The summed E-state index contributed by atoms with van der Waals surface area (Å²) in [5.41, 5.74) is 2.07. The number of carbonyl (C=O) groups is 1. The van der Waals surface area contributed by atoms with Crippen LogP contribution in [0.3, 0.4) is 0 Å². The minimum atomic E-state index is -0.0710. The molecule has 0 aliphatic carbocycles. The van der Waals surface area contributed by atoms with Gasteiger partial charge >= 0.3 is 0 Å². The van der Waals surface area contributed by atoms with E-state index in [1.807, 2.05) is 30.0 Å². The lowest BCUT2D eigenvalue weighted by Crippen LogP contribution is -2.52. The van der Waals surface area contributed by atoms with Crippen LogP contribution in [0.25, 0.3) is 11.0 Å². The van der Waals surface area contributed by atoms with Crippen molar-refractivity contribution in [3.63, 3.8) is 0 Å². The molecule has 0 saturated carbocycles. The van der Waals surface area contributed by atoms with Gasteiger partial charge in [0.2, 0.25) is 5.91 Å². The number of aromatic amines is 1. The summed E-state index contributed by atoms with van der Waals surface area (Å²) in [6.07, 6.45) is 2.11. The van der Waals surface area contributed by atoms with E-state index in [4.69, 9.17) is 9.72 Å². The smallest absolute Gasteiger partial charge is 0.239 e. The van der Waals surface area contributed by atoms with Gasteiger partial charge in [-0.25, -0.2) is 4.98 Å². The number of H-pyrrole nitrogens is 1. The highest BCUT2D eigenvalue weighted by Crippen LogP contribution is 2.27. The van der Waals surface area contributed by atoms with E-state index in [0.29, 0.717) is 5.92 Å². The highest BCUT2D eigenvalue weighted by atomic mass is 16.5. The Morgan fingerprint density at radius 1 is 1.28 bits per heavy atom. The van der Waals surface area contributed by atoms with E-state index in [0.717, 1.165) is 69.1 Å². The maximum Gasteiger partial charge on any atom is 0.239 e. The molecule has 2 aliphatic rings. The lowest BCUT2D eigenvalue weighted by molar-refractivity contribution is -0.139. The molecule has 2 saturated heterocycles. The van der Waals surface area contributed by atoms with Crippen molar-refractivity contribution in [2.24, 2.45) is 0 Å². The number of benzene rings is 1. The van der Waals surface area contributed by atoms with E-state index in [1.165, 1.54) is 0 Å². The van der Waals surface area contributed by atoms with Crippen molar-refractivity contribution in [2.75, 3.05) is 39.4 Å². The molecule has 2 atom stereocenters. The van der Waals surface area contributed by atoms with Crippen LogP contribution in [0.2, 0.25) is 0 Å². The number of rotatable bonds is 3. The summed E-state index contributed by atoms with van der Waals surface area (Å²) in [5.74, 6) is 1.54. The lowest BCUT2D eigenvalue weighted by atomic mass is 9.96. The number of ether oxygens (including phenoxy) is 1. The average Bonchev–Trinajstić information content (AvgIpc) is 3.12.